The monoisotopic (exact) mass is 265 g/mol. The molecule has 1 aliphatic carbocycles. The van der Waals surface area contributed by atoms with Gasteiger partial charge in [-0.3, -0.25) is 4.99 Å². The molecule has 0 saturated heterocycles. The van der Waals surface area contributed by atoms with E-state index in [9.17, 15) is 0 Å². The summed E-state index contributed by atoms with van der Waals surface area (Å²) >= 11 is 0. The molecule has 19 heavy (non-hydrogen) atoms. The Morgan fingerprint density at radius 3 is 2.63 bits per heavy atom. The first-order valence-electron chi connectivity index (χ1n) is 8.46. The van der Waals surface area contributed by atoms with Crippen molar-refractivity contribution in [3.63, 3.8) is 0 Å². The molecule has 1 saturated carbocycles. The average molecular weight is 265 g/mol. The van der Waals surface area contributed by atoms with Crippen molar-refractivity contribution in [2.45, 2.75) is 79.1 Å². The van der Waals surface area contributed by atoms with Gasteiger partial charge in [-0.25, -0.2) is 0 Å². The number of hydrogen-bond acceptors (Lipinski definition) is 1. The standard InChI is InChI=1S/C18H35N/c1-14(12-13-16(3)19-5)8-6-10-18-11-7-9-15(2)17(18)4/h14-15,17-18H,6-13H2,1-5H3/b19-16-. The first-order chi connectivity index (χ1) is 9.04. The second-order valence-corrected chi connectivity index (χ2v) is 7.06. The summed E-state index contributed by atoms with van der Waals surface area (Å²) in [6.45, 7) is 9.50. The molecule has 1 heteroatoms. The van der Waals surface area contributed by atoms with Crippen LogP contribution in [-0.4, -0.2) is 12.8 Å². The van der Waals surface area contributed by atoms with Gasteiger partial charge in [0.15, 0.2) is 0 Å². The number of nitrogens with zero attached hydrogens (tertiary/aromatic N) is 1. The molecule has 0 bridgehead atoms. The fraction of sp³-hybridized carbons (Fsp3) is 0.944. The van der Waals surface area contributed by atoms with Gasteiger partial charge in [0.2, 0.25) is 0 Å². The van der Waals surface area contributed by atoms with Gasteiger partial charge in [-0.2, -0.15) is 0 Å². The van der Waals surface area contributed by atoms with Crippen LogP contribution in [0.4, 0.5) is 0 Å². The quantitative estimate of drug-likeness (QED) is 0.521. The SMILES string of the molecule is C/N=C(/C)CCC(C)CCCC1CCCC(C)C1C. The minimum atomic E-state index is 0.869. The fourth-order valence-electron chi connectivity index (χ4n) is 3.54. The molecule has 0 N–H and O–H groups in total. The van der Waals surface area contributed by atoms with E-state index in [1.165, 1.54) is 57.1 Å². The molecule has 0 aromatic heterocycles. The summed E-state index contributed by atoms with van der Waals surface area (Å²) in [4.78, 5) is 4.25. The zero-order valence-electron chi connectivity index (χ0n) is 13.9. The lowest BCUT2D eigenvalue weighted by Gasteiger charge is -2.34. The molecule has 0 spiro atoms. The van der Waals surface area contributed by atoms with Crippen molar-refractivity contribution in [1.82, 2.24) is 0 Å². The molecule has 1 aliphatic rings. The summed E-state index contributed by atoms with van der Waals surface area (Å²) in [5.41, 5.74) is 1.31. The van der Waals surface area contributed by atoms with Crippen LogP contribution in [0.5, 0.6) is 0 Å². The summed E-state index contributed by atoms with van der Waals surface area (Å²) in [5.74, 6) is 3.79. The van der Waals surface area contributed by atoms with Crippen molar-refractivity contribution in [3.05, 3.63) is 0 Å². The van der Waals surface area contributed by atoms with E-state index in [0.29, 0.717) is 0 Å². The Morgan fingerprint density at radius 1 is 1.21 bits per heavy atom. The lowest BCUT2D eigenvalue weighted by Crippen LogP contribution is -2.24. The van der Waals surface area contributed by atoms with Gasteiger partial charge in [0.05, 0.1) is 0 Å². The number of hydrogen-bond donors (Lipinski definition) is 0. The molecule has 112 valence electrons. The summed E-state index contributed by atoms with van der Waals surface area (Å²) in [5, 5.41) is 0. The fourth-order valence-corrected chi connectivity index (χ4v) is 3.54. The minimum Gasteiger partial charge on any atom is -0.298 e. The highest BCUT2D eigenvalue weighted by molar-refractivity contribution is 5.81. The molecular weight excluding hydrogens is 230 g/mol. The maximum absolute atomic E-state index is 4.25. The Kier molecular flexibility index (Phi) is 7.71. The van der Waals surface area contributed by atoms with Crippen LogP contribution in [0.2, 0.25) is 0 Å². The Labute approximate surface area is 121 Å². The molecule has 4 unspecified atom stereocenters. The summed E-state index contributed by atoms with van der Waals surface area (Å²) in [7, 11) is 1.91. The van der Waals surface area contributed by atoms with E-state index in [0.717, 1.165) is 23.7 Å². The van der Waals surface area contributed by atoms with E-state index in [1.807, 2.05) is 7.05 Å². The van der Waals surface area contributed by atoms with Gasteiger partial charge in [-0.05, 0) is 43.4 Å². The van der Waals surface area contributed by atoms with Crippen LogP contribution in [0.1, 0.15) is 79.1 Å². The first kappa shape index (κ1) is 16.7. The molecule has 0 heterocycles. The van der Waals surface area contributed by atoms with Gasteiger partial charge in [0.25, 0.3) is 0 Å². The maximum atomic E-state index is 4.25. The van der Waals surface area contributed by atoms with Crippen LogP contribution >= 0.6 is 0 Å². The molecule has 1 nitrogen and oxygen atoms in total. The first-order valence-corrected chi connectivity index (χ1v) is 8.46. The minimum absolute atomic E-state index is 0.869. The van der Waals surface area contributed by atoms with Gasteiger partial charge < -0.3 is 0 Å². The molecule has 0 aromatic rings. The Hall–Kier alpha value is -0.330. The van der Waals surface area contributed by atoms with Crippen LogP contribution < -0.4 is 0 Å². The molecule has 0 aliphatic heterocycles. The number of aliphatic imine (C=N–C) groups is 1. The van der Waals surface area contributed by atoms with E-state index < -0.39 is 0 Å². The molecule has 1 rings (SSSR count). The third kappa shape index (κ3) is 6.10. The molecular formula is C18H35N. The van der Waals surface area contributed by atoms with E-state index >= 15 is 0 Å². The maximum Gasteiger partial charge on any atom is 0.0276 e. The van der Waals surface area contributed by atoms with Crippen LogP contribution in [-0.2, 0) is 0 Å². The third-order valence-corrected chi connectivity index (χ3v) is 5.53. The lowest BCUT2D eigenvalue weighted by atomic mass is 9.72. The topological polar surface area (TPSA) is 12.4 Å². The second kappa shape index (κ2) is 8.76. The highest BCUT2D eigenvalue weighted by atomic mass is 14.7. The second-order valence-electron chi connectivity index (χ2n) is 7.06. The Morgan fingerprint density at radius 2 is 1.95 bits per heavy atom. The van der Waals surface area contributed by atoms with Crippen molar-refractivity contribution in [2.75, 3.05) is 7.05 Å². The van der Waals surface area contributed by atoms with Crippen molar-refractivity contribution >= 4 is 5.71 Å². The normalized spacial score (nSPS) is 30.4. The number of rotatable bonds is 7. The summed E-state index contributed by atoms with van der Waals surface area (Å²) in [6.07, 6.45) is 11.2. The van der Waals surface area contributed by atoms with Crippen LogP contribution in [0, 0.1) is 23.7 Å². The smallest absolute Gasteiger partial charge is 0.0276 e. The van der Waals surface area contributed by atoms with Crippen LogP contribution in [0.25, 0.3) is 0 Å². The van der Waals surface area contributed by atoms with Gasteiger partial charge >= 0.3 is 0 Å². The van der Waals surface area contributed by atoms with Gasteiger partial charge in [-0.1, -0.05) is 59.3 Å². The van der Waals surface area contributed by atoms with Crippen LogP contribution in [0.15, 0.2) is 4.99 Å². The van der Waals surface area contributed by atoms with Gasteiger partial charge in [0.1, 0.15) is 0 Å². The predicted octanol–water partition coefficient (Wildman–Crippen LogP) is 5.74. The van der Waals surface area contributed by atoms with Gasteiger partial charge in [-0.15, -0.1) is 0 Å². The molecule has 0 amide bonds. The summed E-state index contributed by atoms with van der Waals surface area (Å²) < 4.78 is 0. The lowest BCUT2D eigenvalue weighted by molar-refractivity contribution is 0.168. The highest BCUT2D eigenvalue weighted by Crippen LogP contribution is 2.37. The largest absolute Gasteiger partial charge is 0.298 e. The Bertz CT molecular complexity index is 269. The molecule has 1 fully saturated rings. The highest BCUT2D eigenvalue weighted by Gasteiger charge is 2.26. The van der Waals surface area contributed by atoms with Crippen molar-refractivity contribution in [3.8, 4) is 0 Å². The van der Waals surface area contributed by atoms with Crippen molar-refractivity contribution < 1.29 is 0 Å². The summed E-state index contributed by atoms with van der Waals surface area (Å²) in [6, 6.07) is 0. The van der Waals surface area contributed by atoms with E-state index in [-0.39, 0.29) is 0 Å². The molecule has 0 radical (unpaired) electrons. The van der Waals surface area contributed by atoms with E-state index in [4.69, 9.17) is 0 Å². The van der Waals surface area contributed by atoms with Crippen molar-refractivity contribution in [1.29, 1.82) is 0 Å². The van der Waals surface area contributed by atoms with E-state index in [2.05, 4.69) is 32.7 Å². The zero-order chi connectivity index (χ0) is 14.3. The van der Waals surface area contributed by atoms with Crippen molar-refractivity contribution in [2.24, 2.45) is 28.7 Å². The average Bonchev–Trinajstić information content (AvgIpc) is 2.40. The van der Waals surface area contributed by atoms with E-state index in [1.54, 1.807) is 0 Å². The molecule has 0 aromatic carbocycles. The van der Waals surface area contributed by atoms with Gasteiger partial charge in [0, 0.05) is 12.8 Å². The third-order valence-electron chi connectivity index (χ3n) is 5.53. The molecule has 4 atom stereocenters. The van der Waals surface area contributed by atoms with Crippen LogP contribution in [0.3, 0.4) is 0 Å². The Balaban J connectivity index is 2.15. The zero-order valence-corrected chi connectivity index (χ0v) is 13.9. The predicted molar refractivity (Wildman–Crippen MR) is 87.0 cm³/mol.